The van der Waals surface area contributed by atoms with Gasteiger partial charge in [-0.3, -0.25) is 4.79 Å². The molecule has 1 amide bonds. The molecule has 1 N–H and O–H groups in total. The number of benzene rings is 2. The van der Waals surface area contributed by atoms with Crippen LogP contribution in [0.3, 0.4) is 0 Å². The minimum Gasteiger partial charge on any atom is -0.484 e. The molecule has 0 spiro atoms. The maximum absolute atomic E-state index is 13.1. The van der Waals surface area contributed by atoms with Crippen LogP contribution >= 0.6 is 0 Å². The van der Waals surface area contributed by atoms with Crippen LogP contribution in [0.25, 0.3) is 21.9 Å². The molecule has 4 rings (SSSR count). The third-order valence-corrected chi connectivity index (χ3v) is 4.64. The van der Waals surface area contributed by atoms with E-state index < -0.39 is 29.3 Å². The molecule has 0 saturated heterocycles. The number of nitrogens with one attached hydrogen (secondary N) is 1. The first-order chi connectivity index (χ1) is 14.7. The first-order valence-corrected chi connectivity index (χ1v) is 9.26. The first-order valence-electron chi connectivity index (χ1n) is 9.26. The normalized spacial score (nSPS) is 12.8. The van der Waals surface area contributed by atoms with Crippen molar-refractivity contribution in [3.8, 4) is 5.75 Å². The summed E-state index contributed by atoms with van der Waals surface area (Å²) in [5.74, 6) is 0.196. The van der Waals surface area contributed by atoms with Gasteiger partial charge in [0.2, 0.25) is 0 Å². The molecule has 160 valence electrons. The van der Waals surface area contributed by atoms with E-state index in [-0.39, 0.29) is 23.3 Å². The summed E-state index contributed by atoms with van der Waals surface area (Å²) >= 11 is 0. The highest BCUT2D eigenvalue weighted by molar-refractivity contribution is 5.83. The summed E-state index contributed by atoms with van der Waals surface area (Å²) in [6.07, 6.45) is -4.71. The van der Waals surface area contributed by atoms with E-state index in [1.807, 2.05) is 30.3 Å². The quantitative estimate of drug-likeness (QED) is 0.459. The van der Waals surface area contributed by atoms with E-state index >= 15 is 0 Å². The smallest absolute Gasteiger partial charge is 0.417 e. The van der Waals surface area contributed by atoms with Crippen molar-refractivity contribution in [3.63, 3.8) is 0 Å². The van der Waals surface area contributed by atoms with Gasteiger partial charge in [-0.2, -0.15) is 13.2 Å². The van der Waals surface area contributed by atoms with Crippen LogP contribution in [-0.4, -0.2) is 12.5 Å². The summed E-state index contributed by atoms with van der Waals surface area (Å²) < 4.78 is 55.2. The van der Waals surface area contributed by atoms with Gasteiger partial charge < -0.3 is 18.9 Å². The lowest BCUT2D eigenvalue weighted by molar-refractivity contribution is -0.136. The number of amides is 1. The van der Waals surface area contributed by atoms with E-state index in [9.17, 15) is 22.8 Å². The van der Waals surface area contributed by atoms with Gasteiger partial charge in [0.1, 0.15) is 22.7 Å². The minimum absolute atomic E-state index is 0.0847. The standard InChI is InChI=1S/C22H16F3NO5/c1-12(18-8-13-4-2-3-5-17(13)30-18)26-20(27)11-29-14-6-7-15-16(22(23,24)25)10-21(28)31-19(15)9-14/h2-10,12H,11H2,1H3,(H,26,27). The molecule has 0 fully saturated rings. The maximum atomic E-state index is 13.1. The summed E-state index contributed by atoms with van der Waals surface area (Å²) in [5, 5.41) is 3.36. The average molecular weight is 431 g/mol. The fourth-order valence-corrected chi connectivity index (χ4v) is 3.19. The minimum atomic E-state index is -4.71. The summed E-state index contributed by atoms with van der Waals surface area (Å²) in [4.78, 5) is 23.7. The molecule has 31 heavy (non-hydrogen) atoms. The van der Waals surface area contributed by atoms with E-state index in [1.54, 1.807) is 6.92 Å². The molecule has 1 atom stereocenters. The molecule has 6 nitrogen and oxygen atoms in total. The highest BCUT2D eigenvalue weighted by atomic mass is 19.4. The molecule has 0 aliphatic rings. The Morgan fingerprint density at radius 3 is 2.58 bits per heavy atom. The van der Waals surface area contributed by atoms with Crippen LogP contribution in [0, 0.1) is 0 Å². The van der Waals surface area contributed by atoms with E-state index in [4.69, 9.17) is 13.6 Å². The predicted octanol–water partition coefficient (Wildman–Crippen LogP) is 4.81. The van der Waals surface area contributed by atoms with E-state index in [0.29, 0.717) is 17.4 Å². The number of para-hydroxylation sites is 1. The van der Waals surface area contributed by atoms with E-state index in [2.05, 4.69) is 5.32 Å². The zero-order valence-corrected chi connectivity index (χ0v) is 16.2. The molecule has 2 aromatic carbocycles. The van der Waals surface area contributed by atoms with Crippen LogP contribution in [-0.2, 0) is 11.0 Å². The Morgan fingerprint density at radius 2 is 1.84 bits per heavy atom. The lowest BCUT2D eigenvalue weighted by Crippen LogP contribution is -2.31. The second-order valence-corrected chi connectivity index (χ2v) is 6.90. The monoisotopic (exact) mass is 431 g/mol. The van der Waals surface area contributed by atoms with Crippen molar-refractivity contribution in [1.82, 2.24) is 5.32 Å². The number of halogens is 3. The van der Waals surface area contributed by atoms with E-state index in [1.165, 1.54) is 6.07 Å². The topological polar surface area (TPSA) is 81.7 Å². The fourth-order valence-electron chi connectivity index (χ4n) is 3.19. The van der Waals surface area contributed by atoms with Gasteiger partial charge in [-0.05, 0) is 31.2 Å². The molecule has 0 aliphatic heterocycles. The van der Waals surface area contributed by atoms with Crippen LogP contribution in [0.5, 0.6) is 5.75 Å². The van der Waals surface area contributed by atoms with Gasteiger partial charge in [-0.15, -0.1) is 0 Å². The van der Waals surface area contributed by atoms with Crippen LogP contribution < -0.4 is 15.7 Å². The first kappa shape index (κ1) is 20.5. The molecule has 0 aliphatic carbocycles. The second kappa shape index (κ2) is 7.82. The zero-order chi connectivity index (χ0) is 22.2. The fraction of sp³-hybridized carbons (Fsp3) is 0.182. The SMILES string of the molecule is CC(NC(=O)COc1ccc2c(C(F)(F)F)cc(=O)oc2c1)c1cc2ccccc2o1. The molecule has 0 radical (unpaired) electrons. The highest BCUT2D eigenvalue weighted by Gasteiger charge is 2.33. The largest absolute Gasteiger partial charge is 0.484 e. The van der Waals surface area contributed by atoms with Gasteiger partial charge in [0.05, 0.1) is 11.6 Å². The van der Waals surface area contributed by atoms with Gasteiger partial charge >= 0.3 is 11.8 Å². The van der Waals surface area contributed by atoms with Crippen molar-refractivity contribution in [2.45, 2.75) is 19.1 Å². The Bertz CT molecular complexity index is 1290. The third kappa shape index (κ3) is 4.40. The van der Waals surface area contributed by atoms with Gasteiger partial charge in [0, 0.05) is 22.9 Å². The van der Waals surface area contributed by atoms with Crippen molar-refractivity contribution in [3.05, 3.63) is 76.3 Å². The number of ether oxygens (including phenoxy) is 1. The lowest BCUT2D eigenvalue weighted by Gasteiger charge is -2.13. The number of fused-ring (bicyclic) bond motifs is 2. The van der Waals surface area contributed by atoms with Crippen LogP contribution in [0.15, 0.2) is 68.2 Å². The van der Waals surface area contributed by atoms with Gasteiger partial charge in [0.15, 0.2) is 6.61 Å². The Morgan fingerprint density at radius 1 is 1.06 bits per heavy atom. The van der Waals surface area contributed by atoms with Crippen LogP contribution in [0.4, 0.5) is 13.2 Å². The lowest BCUT2D eigenvalue weighted by atomic mass is 10.1. The van der Waals surface area contributed by atoms with E-state index in [0.717, 1.165) is 17.5 Å². The molecule has 1 unspecified atom stereocenters. The van der Waals surface area contributed by atoms with Crippen molar-refractivity contribution in [2.24, 2.45) is 0 Å². The summed E-state index contributed by atoms with van der Waals surface area (Å²) in [5.41, 5.74) is -1.81. The third-order valence-electron chi connectivity index (χ3n) is 4.64. The van der Waals surface area contributed by atoms with Gasteiger partial charge in [0.25, 0.3) is 5.91 Å². The number of hydrogen-bond donors (Lipinski definition) is 1. The molecule has 2 aromatic heterocycles. The van der Waals surface area contributed by atoms with Crippen molar-refractivity contribution < 1.29 is 31.5 Å². The molecular formula is C22H16F3NO5. The number of carbonyl (C=O) groups excluding carboxylic acids is 1. The molecule has 0 saturated carbocycles. The number of furan rings is 1. The number of alkyl halides is 3. The Kier molecular flexibility index (Phi) is 5.18. The maximum Gasteiger partial charge on any atom is 0.417 e. The molecule has 0 bridgehead atoms. The molecular weight excluding hydrogens is 415 g/mol. The van der Waals surface area contributed by atoms with Crippen molar-refractivity contribution in [2.75, 3.05) is 6.61 Å². The predicted molar refractivity (Wildman–Crippen MR) is 106 cm³/mol. The van der Waals surface area contributed by atoms with Crippen molar-refractivity contribution in [1.29, 1.82) is 0 Å². The Labute approximate surface area is 173 Å². The summed E-state index contributed by atoms with van der Waals surface area (Å²) in [6, 6.07) is 12.8. The number of hydrogen-bond acceptors (Lipinski definition) is 5. The van der Waals surface area contributed by atoms with Gasteiger partial charge in [-0.25, -0.2) is 4.79 Å². The summed E-state index contributed by atoms with van der Waals surface area (Å²) in [7, 11) is 0. The summed E-state index contributed by atoms with van der Waals surface area (Å²) in [6.45, 7) is 1.36. The highest BCUT2D eigenvalue weighted by Crippen LogP contribution is 2.34. The number of rotatable bonds is 5. The second-order valence-electron chi connectivity index (χ2n) is 6.90. The Hall–Kier alpha value is -3.75. The van der Waals surface area contributed by atoms with Gasteiger partial charge in [-0.1, -0.05) is 18.2 Å². The Balaban J connectivity index is 1.44. The zero-order valence-electron chi connectivity index (χ0n) is 16.2. The average Bonchev–Trinajstić information content (AvgIpc) is 3.15. The molecule has 9 heteroatoms. The number of carbonyl (C=O) groups is 1. The van der Waals surface area contributed by atoms with Crippen molar-refractivity contribution >= 4 is 27.8 Å². The molecule has 2 heterocycles. The molecule has 4 aromatic rings. The van der Waals surface area contributed by atoms with Crippen LogP contribution in [0.2, 0.25) is 0 Å². The van der Waals surface area contributed by atoms with Crippen LogP contribution in [0.1, 0.15) is 24.3 Å².